The lowest BCUT2D eigenvalue weighted by atomic mass is 9.93. The van der Waals surface area contributed by atoms with Gasteiger partial charge in [-0.3, -0.25) is 4.79 Å². The van der Waals surface area contributed by atoms with Gasteiger partial charge in [0, 0.05) is 5.56 Å². The minimum atomic E-state index is -1.27. The minimum absolute atomic E-state index is 0.0456. The summed E-state index contributed by atoms with van der Waals surface area (Å²) in [6.45, 7) is 1.68. The Balaban J connectivity index is 2.47. The molecule has 0 bridgehead atoms. The van der Waals surface area contributed by atoms with Crippen molar-refractivity contribution in [3.8, 4) is 6.07 Å². The van der Waals surface area contributed by atoms with Crippen molar-refractivity contribution in [1.29, 1.82) is 5.26 Å². The molecule has 1 heterocycles. The van der Waals surface area contributed by atoms with E-state index >= 15 is 0 Å². The van der Waals surface area contributed by atoms with E-state index in [0.29, 0.717) is 5.56 Å². The summed E-state index contributed by atoms with van der Waals surface area (Å²) in [7, 11) is 0. The maximum absolute atomic E-state index is 13.9. The van der Waals surface area contributed by atoms with Gasteiger partial charge in [0.15, 0.2) is 5.76 Å². The van der Waals surface area contributed by atoms with Gasteiger partial charge in [0.05, 0.1) is 17.4 Å². The molecule has 0 N–H and O–H groups in total. The summed E-state index contributed by atoms with van der Waals surface area (Å²) in [5.74, 6) is -2.55. The predicted molar refractivity (Wildman–Crippen MR) is 67.5 cm³/mol. The molecule has 0 radical (unpaired) electrons. The van der Waals surface area contributed by atoms with Crippen LogP contribution in [0.5, 0.6) is 0 Å². The van der Waals surface area contributed by atoms with Crippen LogP contribution < -0.4 is 0 Å². The van der Waals surface area contributed by atoms with Gasteiger partial charge < -0.3 is 4.42 Å². The van der Waals surface area contributed by atoms with Crippen LogP contribution in [0.2, 0.25) is 5.02 Å². The second kappa shape index (κ2) is 5.25. The number of rotatable bonds is 3. The zero-order valence-corrected chi connectivity index (χ0v) is 10.7. The Kier molecular flexibility index (Phi) is 3.68. The van der Waals surface area contributed by atoms with Gasteiger partial charge in [0.25, 0.3) is 0 Å². The van der Waals surface area contributed by atoms with Crippen LogP contribution in [0.3, 0.4) is 0 Å². The number of carbonyl (C=O) groups excluding carboxylic acids is 1. The minimum Gasteiger partial charge on any atom is -0.461 e. The van der Waals surface area contributed by atoms with Gasteiger partial charge in [-0.1, -0.05) is 23.7 Å². The van der Waals surface area contributed by atoms with Crippen molar-refractivity contribution in [3.63, 3.8) is 0 Å². The Bertz CT molecular complexity index is 672. The first-order valence-electron chi connectivity index (χ1n) is 5.48. The highest BCUT2D eigenvalue weighted by Crippen LogP contribution is 2.28. The van der Waals surface area contributed by atoms with Crippen LogP contribution in [0.25, 0.3) is 0 Å². The van der Waals surface area contributed by atoms with Crippen LogP contribution in [0.4, 0.5) is 4.39 Å². The van der Waals surface area contributed by atoms with Gasteiger partial charge in [-0.2, -0.15) is 5.26 Å². The smallest absolute Gasteiger partial charge is 0.219 e. The Morgan fingerprint density at radius 3 is 2.79 bits per heavy atom. The molecule has 1 aromatic heterocycles. The van der Waals surface area contributed by atoms with Crippen molar-refractivity contribution in [3.05, 3.63) is 58.3 Å². The summed E-state index contributed by atoms with van der Waals surface area (Å²) in [6.07, 6.45) is 1.35. The number of benzene rings is 1. The lowest BCUT2D eigenvalue weighted by Crippen LogP contribution is -2.13. The Morgan fingerprint density at radius 2 is 2.21 bits per heavy atom. The van der Waals surface area contributed by atoms with Crippen molar-refractivity contribution in [2.45, 2.75) is 12.8 Å². The molecule has 19 heavy (non-hydrogen) atoms. The van der Waals surface area contributed by atoms with E-state index in [-0.39, 0.29) is 16.3 Å². The fourth-order valence-electron chi connectivity index (χ4n) is 1.77. The molecule has 96 valence electrons. The third-order valence-electron chi connectivity index (χ3n) is 2.77. The quantitative estimate of drug-likeness (QED) is 0.800. The molecule has 0 aliphatic carbocycles. The number of ketones is 1. The first kappa shape index (κ1) is 13.3. The molecule has 0 spiro atoms. The van der Waals surface area contributed by atoms with Gasteiger partial charge >= 0.3 is 0 Å². The van der Waals surface area contributed by atoms with Crippen molar-refractivity contribution in [2.75, 3.05) is 0 Å². The number of hydrogen-bond acceptors (Lipinski definition) is 3. The predicted octanol–water partition coefficient (Wildman–Crippen LogP) is 3.87. The van der Waals surface area contributed by atoms with E-state index in [9.17, 15) is 9.18 Å². The SMILES string of the molecule is Cc1ccoc1C(=O)C(C#N)c1cccc(Cl)c1F. The number of furan rings is 1. The number of nitrogens with zero attached hydrogens (tertiary/aromatic N) is 1. The normalized spacial score (nSPS) is 11.9. The van der Waals surface area contributed by atoms with E-state index in [1.54, 1.807) is 19.1 Å². The lowest BCUT2D eigenvalue weighted by Gasteiger charge is -2.09. The topological polar surface area (TPSA) is 54.0 Å². The number of carbonyl (C=O) groups is 1. The molecule has 0 saturated carbocycles. The summed E-state index contributed by atoms with van der Waals surface area (Å²) in [5, 5.41) is 9.01. The van der Waals surface area contributed by atoms with Crippen LogP contribution >= 0.6 is 11.6 Å². The molecule has 0 amide bonds. The van der Waals surface area contributed by atoms with Crippen LogP contribution in [-0.2, 0) is 0 Å². The van der Waals surface area contributed by atoms with Gasteiger partial charge in [0.2, 0.25) is 5.78 Å². The number of halogens is 2. The standard InChI is InChI=1S/C14H9ClFNO2/c1-8-5-6-19-14(8)13(18)10(7-17)9-3-2-4-11(15)12(9)16/h2-6,10H,1H3. The Labute approximate surface area is 114 Å². The third-order valence-corrected chi connectivity index (χ3v) is 3.06. The molecule has 3 nitrogen and oxygen atoms in total. The van der Waals surface area contributed by atoms with Crippen molar-refractivity contribution < 1.29 is 13.6 Å². The van der Waals surface area contributed by atoms with Crippen LogP contribution in [0, 0.1) is 24.1 Å². The average molecular weight is 278 g/mol. The highest BCUT2D eigenvalue weighted by Gasteiger charge is 2.28. The van der Waals surface area contributed by atoms with E-state index in [1.807, 2.05) is 0 Å². The molecule has 2 rings (SSSR count). The maximum atomic E-state index is 13.9. The number of nitriles is 1. The molecule has 0 saturated heterocycles. The summed E-state index contributed by atoms with van der Waals surface area (Å²) in [6, 6.07) is 7.62. The molecule has 1 unspecified atom stereocenters. The van der Waals surface area contributed by atoms with Crippen molar-refractivity contribution >= 4 is 17.4 Å². The van der Waals surface area contributed by atoms with E-state index in [2.05, 4.69) is 0 Å². The highest BCUT2D eigenvalue weighted by molar-refractivity contribution is 6.30. The Hall–Kier alpha value is -2.12. The van der Waals surface area contributed by atoms with Crippen LogP contribution in [0.15, 0.2) is 34.9 Å². The molecule has 0 aliphatic heterocycles. The molecule has 2 aromatic rings. The first-order valence-corrected chi connectivity index (χ1v) is 5.86. The third kappa shape index (κ3) is 2.38. The molecule has 0 aliphatic rings. The van der Waals surface area contributed by atoms with E-state index in [1.165, 1.54) is 24.5 Å². The maximum Gasteiger partial charge on any atom is 0.219 e. The van der Waals surface area contributed by atoms with E-state index < -0.39 is 17.5 Å². The zero-order chi connectivity index (χ0) is 14.0. The summed E-state index contributed by atoms with van der Waals surface area (Å²) < 4.78 is 18.9. The largest absolute Gasteiger partial charge is 0.461 e. The molecule has 1 atom stereocenters. The summed E-state index contributed by atoms with van der Waals surface area (Å²) >= 11 is 5.66. The molecule has 5 heteroatoms. The van der Waals surface area contributed by atoms with Crippen molar-refractivity contribution in [1.82, 2.24) is 0 Å². The second-order valence-corrected chi connectivity index (χ2v) is 4.41. The summed E-state index contributed by atoms with van der Waals surface area (Å²) in [5.41, 5.74) is 0.559. The fraction of sp³-hybridized carbons (Fsp3) is 0.143. The Morgan fingerprint density at radius 1 is 1.47 bits per heavy atom. The van der Waals surface area contributed by atoms with Gasteiger partial charge in [0.1, 0.15) is 11.7 Å². The molecular formula is C14H9ClFNO2. The molecule has 1 aromatic carbocycles. The fourth-order valence-corrected chi connectivity index (χ4v) is 1.95. The molecular weight excluding hydrogens is 269 g/mol. The highest BCUT2D eigenvalue weighted by atomic mass is 35.5. The van der Waals surface area contributed by atoms with Crippen LogP contribution in [0.1, 0.15) is 27.6 Å². The van der Waals surface area contributed by atoms with Gasteiger partial charge in [-0.05, 0) is 24.6 Å². The second-order valence-electron chi connectivity index (χ2n) is 4.00. The van der Waals surface area contributed by atoms with Gasteiger partial charge in [-0.15, -0.1) is 0 Å². The first-order chi connectivity index (χ1) is 9.06. The molecule has 0 fully saturated rings. The van der Waals surface area contributed by atoms with Crippen LogP contribution in [-0.4, -0.2) is 5.78 Å². The van der Waals surface area contributed by atoms with E-state index in [0.717, 1.165) is 0 Å². The number of aryl methyl sites for hydroxylation is 1. The lowest BCUT2D eigenvalue weighted by molar-refractivity contribution is 0.0949. The van der Waals surface area contributed by atoms with Gasteiger partial charge in [-0.25, -0.2) is 4.39 Å². The van der Waals surface area contributed by atoms with Crippen molar-refractivity contribution in [2.24, 2.45) is 0 Å². The zero-order valence-electron chi connectivity index (χ0n) is 9.98. The summed E-state index contributed by atoms with van der Waals surface area (Å²) in [4.78, 5) is 12.2. The monoisotopic (exact) mass is 277 g/mol. The van der Waals surface area contributed by atoms with E-state index in [4.69, 9.17) is 21.3 Å². The average Bonchev–Trinajstić information content (AvgIpc) is 2.81. The number of hydrogen-bond donors (Lipinski definition) is 0. The number of Topliss-reactive ketones (excluding diaryl/α,β-unsaturated/α-hetero) is 1.